The number of nitrogens with zero attached hydrogens (tertiary/aromatic N) is 4. The summed E-state index contributed by atoms with van der Waals surface area (Å²) in [5.41, 5.74) is 0.411. The predicted molar refractivity (Wildman–Crippen MR) is 79.8 cm³/mol. The van der Waals surface area contributed by atoms with E-state index in [1.807, 2.05) is 19.2 Å². The zero-order valence-electron chi connectivity index (χ0n) is 12.3. The Kier molecular flexibility index (Phi) is 5.51. The van der Waals surface area contributed by atoms with Gasteiger partial charge < -0.3 is 20.0 Å². The van der Waals surface area contributed by atoms with Crippen LogP contribution in [0, 0.1) is 23.2 Å². The SMILES string of the molecule is CN(CCO)C[C@@H]1CN(c2cccc(C#N)n2)C[C@@H]1CO. The van der Waals surface area contributed by atoms with E-state index in [0.29, 0.717) is 18.2 Å². The molecular formula is C15H22N4O2. The molecule has 0 amide bonds. The van der Waals surface area contributed by atoms with E-state index in [4.69, 9.17) is 10.4 Å². The molecule has 1 saturated heterocycles. The Morgan fingerprint density at radius 3 is 2.81 bits per heavy atom. The standard InChI is InChI=1S/C15H22N4O2/c1-18(5-6-20)8-12-9-19(10-13(12)11-21)15-4-2-3-14(7-16)17-15/h2-4,12-13,20-21H,5-6,8-11H2,1H3/t12-,13-/m1/s1. The third kappa shape index (κ3) is 3.91. The Hall–Kier alpha value is -1.68. The molecule has 1 aliphatic heterocycles. The molecule has 114 valence electrons. The first-order valence-corrected chi connectivity index (χ1v) is 7.20. The third-order valence-electron chi connectivity index (χ3n) is 4.01. The number of rotatable bonds is 6. The summed E-state index contributed by atoms with van der Waals surface area (Å²) in [7, 11) is 1.97. The topological polar surface area (TPSA) is 83.6 Å². The van der Waals surface area contributed by atoms with Crippen LogP contribution in [0.5, 0.6) is 0 Å². The molecule has 1 aliphatic rings. The first-order chi connectivity index (χ1) is 10.2. The first kappa shape index (κ1) is 15.7. The van der Waals surface area contributed by atoms with E-state index < -0.39 is 0 Å². The fraction of sp³-hybridized carbons (Fsp3) is 0.600. The van der Waals surface area contributed by atoms with Crippen LogP contribution in [0.1, 0.15) is 5.69 Å². The largest absolute Gasteiger partial charge is 0.396 e. The predicted octanol–water partition coefficient (Wildman–Crippen LogP) is -0.0779. The highest BCUT2D eigenvalue weighted by molar-refractivity contribution is 5.43. The van der Waals surface area contributed by atoms with Gasteiger partial charge in [-0.1, -0.05) is 6.07 Å². The molecule has 0 aliphatic carbocycles. The molecule has 0 spiro atoms. The molecule has 6 nitrogen and oxygen atoms in total. The van der Waals surface area contributed by atoms with Crippen molar-refractivity contribution in [1.29, 1.82) is 5.26 Å². The van der Waals surface area contributed by atoms with Crippen molar-refractivity contribution in [3.63, 3.8) is 0 Å². The summed E-state index contributed by atoms with van der Waals surface area (Å²) in [4.78, 5) is 8.52. The molecule has 0 aromatic carbocycles. The van der Waals surface area contributed by atoms with Crippen LogP contribution in [-0.4, -0.2) is 66.5 Å². The molecule has 2 heterocycles. The lowest BCUT2D eigenvalue weighted by molar-refractivity contribution is 0.160. The molecule has 2 rings (SSSR count). The van der Waals surface area contributed by atoms with Gasteiger partial charge in [0, 0.05) is 38.7 Å². The van der Waals surface area contributed by atoms with E-state index in [1.165, 1.54) is 0 Å². The zero-order chi connectivity index (χ0) is 15.2. The summed E-state index contributed by atoms with van der Waals surface area (Å²) in [6, 6.07) is 7.47. The number of nitriles is 1. The van der Waals surface area contributed by atoms with Gasteiger partial charge in [-0.25, -0.2) is 4.98 Å². The second-order valence-electron chi connectivity index (χ2n) is 5.59. The Labute approximate surface area is 125 Å². The van der Waals surface area contributed by atoms with Crippen LogP contribution in [0.4, 0.5) is 5.82 Å². The average molecular weight is 290 g/mol. The fourth-order valence-electron chi connectivity index (χ4n) is 2.86. The lowest BCUT2D eigenvalue weighted by Crippen LogP contribution is -2.33. The number of pyridine rings is 1. The van der Waals surface area contributed by atoms with E-state index in [-0.39, 0.29) is 19.1 Å². The number of likely N-dealkylation sites (N-methyl/N-ethyl adjacent to an activating group) is 1. The van der Waals surface area contributed by atoms with Crippen molar-refractivity contribution >= 4 is 5.82 Å². The van der Waals surface area contributed by atoms with Crippen LogP contribution in [-0.2, 0) is 0 Å². The molecule has 2 N–H and O–H groups in total. The van der Waals surface area contributed by atoms with Gasteiger partial charge >= 0.3 is 0 Å². The van der Waals surface area contributed by atoms with E-state index in [1.54, 1.807) is 6.07 Å². The van der Waals surface area contributed by atoms with E-state index in [2.05, 4.69) is 20.9 Å². The van der Waals surface area contributed by atoms with Crippen molar-refractivity contribution in [2.45, 2.75) is 0 Å². The molecule has 0 saturated carbocycles. The maximum absolute atomic E-state index is 9.58. The highest BCUT2D eigenvalue weighted by Crippen LogP contribution is 2.27. The Morgan fingerprint density at radius 2 is 2.14 bits per heavy atom. The monoisotopic (exact) mass is 290 g/mol. The molecule has 21 heavy (non-hydrogen) atoms. The molecule has 0 unspecified atom stereocenters. The number of hydrogen-bond acceptors (Lipinski definition) is 6. The molecule has 0 radical (unpaired) electrons. The van der Waals surface area contributed by atoms with Gasteiger partial charge in [0.2, 0.25) is 0 Å². The Morgan fingerprint density at radius 1 is 1.38 bits per heavy atom. The van der Waals surface area contributed by atoms with E-state index in [0.717, 1.165) is 25.5 Å². The van der Waals surface area contributed by atoms with Crippen LogP contribution in [0.25, 0.3) is 0 Å². The number of aliphatic hydroxyl groups excluding tert-OH is 2. The van der Waals surface area contributed by atoms with Crippen LogP contribution < -0.4 is 4.90 Å². The van der Waals surface area contributed by atoms with Gasteiger partial charge in [-0.15, -0.1) is 0 Å². The van der Waals surface area contributed by atoms with Gasteiger partial charge in [0.05, 0.1) is 6.61 Å². The molecule has 2 atom stereocenters. The quantitative estimate of drug-likeness (QED) is 0.762. The normalized spacial score (nSPS) is 21.8. The van der Waals surface area contributed by atoms with Gasteiger partial charge in [-0.05, 0) is 25.1 Å². The number of anilines is 1. The summed E-state index contributed by atoms with van der Waals surface area (Å²) < 4.78 is 0. The van der Waals surface area contributed by atoms with Gasteiger partial charge in [0.1, 0.15) is 17.6 Å². The first-order valence-electron chi connectivity index (χ1n) is 7.20. The summed E-state index contributed by atoms with van der Waals surface area (Å²) in [5, 5.41) is 27.5. The minimum absolute atomic E-state index is 0.141. The highest BCUT2D eigenvalue weighted by atomic mass is 16.3. The highest BCUT2D eigenvalue weighted by Gasteiger charge is 2.33. The minimum atomic E-state index is 0.141. The van der Waals surface area contributed by atoms with E-state index in [9.17, 15) is 5.11 Å². The lowest BCUT2D eigenvalue weighted by Gasteiger charge is -2.23. The average Bonchev–Trinajstić information content (AvgIpc) is 2.90. The Bertz CT molecular complexity index is 503. The molecule has 1 aromatic heterocycles. The van der Waals surface area contributed by atoms with E-state index >= 15 is 0 Å². The summed E-state index contributed by atoms with van der Waals surface area (Å²) >= 11 is 0. The number of aromatic nitrogens is 1. The fourth-order valence-corrected chi connectivity index (χ4v) is 2.86. The molecular weight excluding hydrogens is 268 g/mol. The van der Waals surface area contributed by atoms with Crippen molar-refractivity contribution in [2.75, 3.05) is 51.3 Å². The smallest absolute Gasteiger partial charge is 0.142 e. The summed E-state index contributed by atoms with van der Waals surface area (Å²) in [6.07, 6.45) is 0. The van der Waals surface area contributed by atoms with Crippen molar-refractivity contribution in [1.82, 2.24) is 9.88 Å². The second kappa shape index (κ2) is 7.36. The van der Waals surface area contributed by atoms with Crippen molar-refractivity contribution in [3.8, 4) is 6.07 Å². The van der Waals surface area contributed by atoms with Gasteiger partial charge in [-0.2, -0.15) is 5.26 Å². The second-order valence-corrected chi connectivity index (χ2v) is 5.59. The van der Waals surface area contributed by atoms with Gasteiger partial charge in [0.25, 0.3) is 0 Å². The lowest BCUT2D eigenvalue weighted by atomic mass is 9.96. The van der Waals surface area contributed by atoms with Crippen molar-refractivity contribution in [2.24, 2.45) is 11.8 Å². The van der Waals surface area contributed by atoms with Crippen molar-refractivity contribution < 1.29 is 10.2 Å². The molecule has 1 aromatic rings. The van der Waals surface area contributed by atoms with Crippen LogP contribution in [0.2, 0.25) is 0 Å². The maximum atomic E-state index is 9.58. The van der Waals surface area contributed by atoms with Gasteiger partial charge in [0.15, 0.2) is 0 Å². The Balaban J connectivity index is 2.05. The molecule has 6 heteroatoms. The van der Waals surface area contributed by atoms with Crippen LogP contribution in [0.15, 0.2) is 18.2 Å². The summed E-state index contributed by atoms with van der Waals surface area (Å²) in [5.74, 6) is 1.32. The van der Waals surface area contributed by atoms with Gasteiger partial charge in [-0.3, -0.25) is 0 Å². The van der Waals surface area contributed by atoms with Crippen LogP contribution in [0.3, 0.4) is 0 Å². The minimum Gasteiger partial charge on any atom is -0.396 e. The number of aliphatic hydroxyl groups is 2. The van der Waals surface area contributed by atoms with Crippen LogP contribution >= 0.6 is 0 Å². The number of hydrogen-bond donors (Lipinski definition) is 2. The molecule has 1 fully saturated rings. The summed E-state index contributed by atoms with van der Waals surface area (Å²) in [6.45, 7) is 3.31. The maximum Gasteiger partial charge on any atom is 0.142 e. The third-order valence-corrected chi connectivity index (χ3v) is 4.01. The zero-order valence-corrected chi connectivity index (χ0v) is 12.3. The van der Waals surface area contributed by atoms with Crippen molar-refractivity contribution in [3.05, 3.63) is 23.9 Å². The molecule has 0 bridgehead atoms.